The van der Waals surface area contributed by atoms with Gasteiger partial charge in [-0.15, -0.1) is 0 Å². The Hall–Kier alpha value is -2.23. The van der Waals surface area contributed by atoms with Crippen LogP contribution in [0.4, 0.5) is 0 Å². The first-order chi connectivity index (χ1) is 35.1. The number of likely N-dealkylation sites (N-methyl/N-ethyl adjacent to an activating group) is 1. The number of aliphatic carboxylic acids is 1. The van der Waals surface area contributed by atoms with Crippen LogP contribution in [0.5, 0.6) is 0 Å². The molecule has 9 heteroatoms. The summed E-state index contributed by atoms with van der Waals surface area (Å²) < 4.78 is 22.7. The zero-order valence-electron chi connectivity index (χ0n) is 48.3. The number of hydrogen-bond donors (Lipinski definition) is 0. The van der Waals surface area contributed by atoms with E-state index in [9.17, 15) is 19.5 Å². The first-order valence-electron chi connectivity index (χ1n) is 31.0. The Balaban J connectivity index is 4.08. The van der Waals surface area contributed by atoms with Crippen molar-refractivity contribution in [3.63, 3.8) is 0 Å². The zero-order chi connectivity index (χ0) is 52.7. The van der Waals surface area contributed by atoms with Crippen LogP contribution in [0.1, 0.15) is 303 Å². The molecule has 0 spiro atoms. The van der Waals surface area contributed by atoms with Crippen molar-refractivity contribution in [2.75, 3.05) is 47.5 Å². The molecule has 9 nitrogen and oxygen atoms in total. The van der Waals surface area contributed by atoms with Gasteiger partial charge in [0.2, 0.25) is 0 Å². The van der Waals surface area contributed by atoms with Crippen molar-refractivity contribution in [1.82, 2.24) is 0 Å². The molecule has 0 radical (unpaired) electrons. The van der Waals surface area contributed by atoms with Crippen molar-refractivity contribution in [2.24, 2.45) is 0 Å². The van der Waals surface area contributed by atoms with Crippen LogP contribution in [0.15, 0.2) is 24.3 Å². The van der Waals surface area contributed by atoms with Crippen LogP contribution in [-0.2, 0) is 33.3 Å². The summed E-state index contributed by atoms with van der Waals surface area (Å²) >= 11 is 0. The second-order valence-corrected chi connectivity index (χ2v) is 22.4. The normalized spacial score (nSPS) is 12.8. The number of carbonyl (C=O) groups excluding carboxylic acids is 3. The number of ether oxygens (including phenoxy) is 4. The lowest BCUT2D eigenvalue weighted by Gasteiger charge is -2.26. The van der Waals surface area contributed by atoms with Crippen LogP contribution in [0.2, 0.25) is 0 Å². The Bertz CT molecular complexity index is 1230. The number of hydrogen-bond acceptors (Lipinski definition) is 8. The number of carboxylic acids is 1. The highest BCUT2D eigenvalue weighted by molar-refractivity contribution is 5.70. The highest BCUT2D eigenvalue weighted by atomic mass is 16.7. The van der Waals surface area contributed by atoms with Crippen molar-refractivity contribution in [3.05, 3.63) is 24.3 Å². The number of nitrogens with zero attached hydrogens (tertiary/aromatic N) is 1. The predicted molar refractivity (Wildman–Crippen MR) is 302 cm³/mol. The summed E-state index contributed by atoms with van der Waals surface area (Å²) in [5.41, 5.74) is 0. The van der Waals surface area contributed by atoms with Crippen LogP contribution in [0.3, 0.4) is 0 Å². The van der Waals surface area contributed by atoms with Gasteiger partial charge in [0.15, 0.2) is 12.4 Å². The Morgan fingerprint density at radius 2 is 0.750 bits per heavy atom. The molecule has 2 unspecified atom stereocenters. The first-order valence-corrected chi connectivity index (χ1v) is 31.0. The largest absolute Gasteiger partial charge is 0.545 e. The molecule has 0 aromatic rings. The summed E-state index contributed by atoms with van der Waals surface area (Å²) in [5.74, 6) is -2.27. The third kappa shape index (κ3) is 55.5. The quantitative estimate of drug-likeness (QED) is 0.0195. The van der Waals surface area contributed by atoms with Crippen molar-refractivity contribution in [2.45, 2.75) is 315 Å². The lowest BCUT2D eigenvalue weighted by Crippen LogP contribution is -2.44. The van der Waals surface area contributed by atoms with E-state index in [0.29, 0.717) is 23.9 Å². The van der Waals surface area contributed by atoms with Crippen molar-refractivity contribution < 1.29 is 42.9 Å². The lowest BCUT2D eigenvalue weighted by atomic mass is 10.0. The molecule has 0 heterocycles. The van der Waals surface area contributed by atoms with Crippen molar-refractivity contribution in [1.29, 1.82) is 0 Å². The van der Waals surface area contributed by atoms with E-state index >= 15 is 0 Å². The highest BCUT2D eigenvalue weighted by Crippen LogP contribution is 2.18. The molecule has 72 heavy (non-hydrogen) atoms. The third-order valence-electron chi connectivity index (χ3n) is 14.0. The van der Waals surface area contributed by atoms with Gasteiger partial charge in [0.25, 0.3) is 0 Å². The molecule has 0 aromatic carbocycles. The Morgan fingerprint density at radius 3 is 1.12 bits per heavy atom. The van der Waals surface area contributed by atoms with Gasteiger partial charge in [-0.2, -0.15) is 0 Å². The summed E-state index contributed by atoms with van der Waals surface area (Å²) in [6.07, 6.45) is 62.5. The maximum atomic E-state index is 12.8. The Kier molecular flexibility index (Phi) is 53.3. The molecule has 0 saturated carbocycles. The van der Waals surface area contributed by atoms with Gasteiger partial charge in [-0.3, -0.25) is 9.59 Å². The molecule has 0 rings (SSSR count). The highest BCUT2D eigenvalue weighted by Gasteiger charge is 2.22. The maximum Gasteiger partial charge on any atom is 0.306 e. The summed E-state index contributed by atoms with van der Waals surface area (Å²) in [4.78, 5) is 37.3. The van der Waals surface area contributed by atoms with E-state index in [4.69, 9.17) is 18.9 Å². The fraction of sp³-hybridized carbons (Fsp3) is 0.889. The van der Waals surface area contributed by atoms with E-state index < -0.39 is 24.3 Å². The Labute approximate surface area is 446 Å². The van der Waals surface area contributed by atoms with E-state index in [1.807, 2.05) is 21.1 Å². The van der Waals surface area contributed by atoms with Gasteiger partial charge in [0, 0.05) is 12.8 Å². The van der Waals surface area contributed by atoms with Crippen LogP contribution in [0.25, 0.3) is 0 Å². The maximum absolute atomic E-state index is 12.8. The Morgan fingerprint density at radius 1 is 0.417 bits per heavy atom. The first kappa shape index (κ1) is 69.8. The smallest absolute Gasteiger partial charge is 0.306 e. The van der Waals surface area contributed by atoms with Gasteiger partial charge in [-0.25, -0.2) is 0 Å². The minimum absolute atomic E-state index is 0.148. The molecule has 0 aliphatic carbocycles. The van der Waals surface area contributed by atoms with Gasteiger partial charge in [-0.05, 0) is 44.9 Å². The summed E-state index contributed by atoms with van der Waals surface area (Å²) in [6.45, 7) is 4.76. The number of unbranched alkanes of at least 4 members (excludes halogenated alkanes) is 39. The lowest BCUT2D eigenvalue weighted by molar-refractivity contribution is -0.870. The van der Waals surface area contributed by atoms with Crippen molar-refractivity contribution in [3.8, 4) is 0 Å². The topological polar surface area (TPSA) is 111 Å². The fourth-order valence-corrected chi connectivity index (χ4v) is 9.16. The molecule has 0 bridgehead atoms. The van der Waals surface area contributed by atoms with Crippen LogP contribution in [-0.4, -0.2) is 82.3 Å². The zero-order valence-corrected chi connectivity index (χ0v) is 48.3. The molecule has 424 valence electrons. The number of carbonyl (C=O) groups is 3. The fourth-order valence-electron chi connectivity index (χ4n) is 9.16. The van der Waals surface area contributed by atoms with E-state index in [2.05, 4.69) is 38.2 Å². The molecule has 0 aliphatic heterocycles. The molecule has 2 atom stereocenters. The van der Waals surface area contributed by atoms with E-state index in [0.717, 1.165) is 51.4 Å². The summed E-state index contributed by atoms with van der Waals surface area (Å²) in [6, 6.07) is 0. The number of esters is 2. The van der Waals surface area contributed by atoms with Gasteiger partial charge in [0.05, 0.1) is 40.3 Å². The molecule has 0 aliphatic rings. The average molecular weight is 1020 g/mol. The molecular weight excluding hydrogens is 899 g/mol. The molecule has 0 N–H and O–H groups in total. The number of carboxylic acid groups (broad SMARTS) is 1. The van der Waals surface area contributed by atoms with E-state index in [1.54, 1.807) is 0 Å². The minimum Gasteiger partial charge on any atom is -0.545 e. The number of allylic oxidation sites excluding steroid dienone is 4. The molecular formula is C63H119NO8. The van der Waals surface area contributed by atoms with Crippen LogP contribution < -0.4 is 5.11 Å². The van der Waals surface area contributed by atoms with Crippen LogP contribution in [0, 0.1) is 0 Å². The van der Waals surface area contributed by atoms with Crippen molar-refractivity contribution >= 4 is 17.9 Å². The van der Waals surface area contributed by atoms with Gasteiger partial charge in [0.1, 0.15) is 13.2 Å². The summed E-state index contributed by atoms with van der Waals surface area (Å²) in [5, 5.41) is 11.8. The SMILES string of the molecule is CCCCC/C=C\C/C=C\CCCCCCCCCC(=O)OC(COC(=O)CCCCCCCCCCCCCCCCCCCCCCCCCCCCCCCC)COC(OCC[N+](C)(C)C)C(=O)[O-]. The second-order valence-electron chi connectivity index (χ2n) is 22.4. The molecule has 0 aromatic heterocycles. The standard InChI is InChI=1S/C63H119NO8/c1-6-8-10-12-14-16-18-20-22-24-25-26-27-28-29-30-31-32-33-34-35-36-38-39-41-43-45-47-49-51-53-60(65)70-57-59(58-71-63(62(67)68)69-56-55-64(3,4)5)72-61(66)54-52-50-48-46-44-42-40-37-23-21-19-17-15-13-11-9-7-2/h15,17,21,23,59,63H,6-14,16,18-20,22,24-58H2,1-5H3/b17-15-,23-21-. The van der Waals surface area contributed by atoms with Gasteiger partial charge >= 0.3 is 11.9 Å². The van der Waals surface area contributed by atoms with Gasteiger partial charge < -0.3 is 33.3 Å². The monoisotopic (exact) mass is 1020 g/mol. The molecule has 0 fully saturated rings. The third-order valence-corrected chi connectivity index (χ3v) is 14.0. The average Bonchev–Trinajstić information content (AvgIpc) is 3.35. The molecule has 0 saturated heterocycles. The van der Waals surface area contributed by atoms with Gasteiger partial charge in [-0.1, -0.05) is 269 Å². The number of rotatable bonds is 58. The van der Waals surface area contributed by atoms with E-state index in [1.165, 1.54) is 218 Å². The van der Waals surface area contributed by atoms with E-state index in [-0.39, 0.29) is 32.2 Å². The second kappa shape index (κ2) is 55.0. The minimum atomic E-state index is -1.62. The number of quaternary nitrogens is 1. The predicted octanol–water partition coefficient (Wildman–Crippen LogP) is 17.0. The van der Waals surface area contributed by atoms with Crippen LogP contribution >= 0.6 is 0 Å². The molecule has 0 amide bonds. The summed E-state index contributed by atoms with van der Waals surface area (Å²) in [7, 11) is 5.93.